The van der Waals surface area contributed by atoms with Gasteiger partial charge in [-0.15, -0.1) is 0 Å². The van der Waals surface area contributed by atoms with Crippen LogP contribution >= 0.6 is 0 Å². The van der Waals surface area contributed by atoms with Crippen molar-refractivity contribution in [3.05, 3.63) is 95.6 Å². The molecule has 5 heteroatoms. The molecule has 5 nitrogen and oxygen atoms in total. The van der Waals surface area contributed by atoms with Crippen molar-refractivity contribution >= 4 is 17.5 Å². The molecule has 1 aliphatic heterocycles. The quantitative estimate of drug-likeness (QED) is 0.520. The van der Waals surface area contributed by atoms with Gasteiger partial charge >= 0.3 is 0 Å². The first kappa shape index (κ1) is 22.6. The van der Waals surface area contributed by atoms with E-state index in [1.165, 1.54) is 18.4 Å². The normalized spacial score (nSPS) is 13.8. The minimum Gasteiger partial charge on any atom is -0.493 e. The van der Waals surface area contributed by atoms with Crippen LogP contribution in [0.25, 0.3) is 0 Å². The number of hydrogen-bond acceptors (Lipinski definition) is 3. The van der Waals surface area contributed by atoms with Gasteiger partial charge in [-0.3, -0.25) is 9.59 Å². The highest BCUT2D eigenvalue weighted by Gasteiger charge is 2.17. The van der Waals surface area contributed by atoms with Crippen molar-refractivity contribution in [1.29, 1.82) is 0 Å². The molecule has 1 saturated heterocycles. The van der Waals surface area contributed by atoms with Crippen LogP contribution in [0.3, 0.4) is 0 Å². The van der Waals surface area contributed by atoms with Crippen LogP contribution in [0.4, 0.5) is 5.69 Å². The van der Waals surface area contributed by atoms with Crippen molar-refractivity contribution in [3.8, 4) is 5.75 Å². The Morgan fingerprint density at radius 2 is 1.39 bits per heavy atom. The number of carbonyl (C=O) groups excluding carboxylic acids is 2. The highest BCUT2D eigenvalue weighted by Crippen LogP contribution is 2.18. The maximum atomic E-state index is 12.7. The zero-order valence-corrected chi connectivity index (χ0v) is 18.8. The standard InChI is InChI=1S/C28H30N2O3/c31-27(23-12-16-26(17-13-23)33-21-18-22-8-4-3-5-9-22)29-25-14-10-24(11-15-25)28(32)30-19-6-1-2-7-20-30/h3-5,8-17H,1-2,6-7,18-21H2,(H,29,31). The van der Waals surface area contributed by atoms with Gasteiger partial charge in [0.2, 0.25) is 0 Å². The third-order valence-electron chi connectivity index (χ3n) is 5.90. The van der Waals surface area contributed by atoms with Gasteiger partial charge in [-0.05, 0) is 66.9 Å². The van der Waals surface area contributed by atoms with E-state index in [-0.39, 0.29) is 11.8 Å². The number of nitrogens with one attached hydrogen (secondary N) is 1. The van der Waals surface area contributed by atoms with Gasteiger partial charge in [-0.2, -0.15) is 0 Å². The monoisotopic (exact) mass is 442 g/mol. The SMILES string of the molecule is O=C(Nc1ccc(C(=O)N2CCCCCC2)cc1)c1ccc(OCCc2ccccc2)cc1. The Kier molecular flexibility index (Phi) is 7.75. The number of carbonyl (C=O) groups is 2. The second-order valence-electron chi connectivity index (χ2n) is 8.35. The van der Waals surface area contributed by atoms with Crippen LogP contribution in [-0.4, -0.2) is 36.4 Å². The van der Waals surface area contributed by atoms with Crippen molar-refractivity contribution in [3.63, 3.8) is 0 Å². The van der Waals surface area contributed by atoms with Crippen molar-refractivity contribution < 1.29 is 14.3 Å². The molecule has 0 spiro atoms. The zero-order chi connectivity index (χ0) is 22.9. The summed E-state index contributed by atoms with van der Waals surface area (Å²) in [6.45, 7) is 2.23. The van der Waals surface area contributed by atoms with Crippen molar-refractivity contribution in [1.82, 2.24) is 4.90 Å². The Morgan fingerprint density at radius 1 is 0.758 bits per heavy atom. The lowest BCUT2D eigenvalue weighted by Crippen LogP contribution is -2.31. The fourth-order valence-electron chi connectivity index (χ4n) is 3.99. The number of amides is 2. The molecule has 0 atom stereocenters. The minimum atomic E-state index is -0.197. The summed E-state index contributed by atoms with van der Waals surface area (Å²) in [6.07, 6.45) is 5.35. The molecular weight excluding hydrogens is 412 g/mol. The van der Waals surface area contributed by atoms with E-state index in [2.05, 4.69) is 17.4 Å². The molecule has 4 rings (SSSR count). The van der Waals surface area contributed by atoms with Crippen LogP contribution in [0.2, 0.25) is 0 Å². The van der Waals surface area contributed by atoms with Crippen LogP contribution in [0.1, 0.15) is 52.0 Å². The molecule has 2 amide bonds. The van der Waals surface area contributed by atoms with Gasteiger partial charge in [0.1, 0.15) is 5.75 Å². The van der Waals surface area contributed by atoms with E-state index < -0.39 is 0 Å². The van der Waals surface area contributed by atoms with Crippen LogP contribution in [0, 0.1) is 0 Å². The van der Waals surface area contributed by atoms with Gasteiger partial charge < -0.3 is 15.0 Å². The summed E-state index contributed by atoms with van der Waals surface area (Å²) < 4.78 is 5.79. The van der Waals surface area contributed by atoms with E-state index >= 15 is 0 Å². The average Bonchev–Trinajstić information content (AvgIpc) is 3.15. The molecule has 0 radical (unpaired) electrons. The smallest absolute Gasteiger partial charge is 0.255 e. The molecule has 3 aromatic rings. The molecule has 1 aliphatic rings. The minimum absolute atomic E-state index is 0.0672. The summed E-state index contributed by atoms with van der Waals surface area (Å²) >= 11 is 0. The van der Waals surface area contributed by atoms with E-state index in [0.717, 1.165) is 38.1 Å². The summed E-state index contributed by atoms with van der Waals surface area (Å²) in [4.78, 5) is 27.3. The van der Waals surface area contributed by atoms with Gasteiger partial charge in [-0.1, -0.05) is 43.2 Å². The number of likely N-dealkylation sites (tertiary alicyclic amines) is 1. The Labute approximate surface area is 195 Å². The summed E-state index contributed by atoms with van der Waals surface area (Å²) in [5.74, 6) is 0.605. The van der Waals surface area contributed by atoms with E-state index in [1.54, 1.807) is 36.4 Å². The summed E-state index contributed by atoms with van der Waals surface area (Å²) in [5, 5.41) is 2.89. The predicted octanol–water partition coefficient (Wildman–Crippen LogP) is 5.58. The molecule has 0 unspecified atom stereocenters. The van der Waals surface area contributed by atoms with Crippen LogP contribution in [0.15, 0.2) is 78.9 Å². The predicted molar refractivity (Wildman–Crippen MR) is 131 cm³/mol. The highest BCUT2D eigenvalue weighted by molar-refractivity contribution is 6.04. The molecule has 0 saturated carbocycles. The number of benzene rings is 3. The number of anilines is 1. The molecular formula is C28H30N2O3. The van der Waals surface area contributed by atoms with Crippen molar-refractivity contribution in [2.45, 2.75) is 32.1 Å². The maximum absolute atomic E-state index is 12.7. The molecule has 0 bridgehead atoms. The van der Waals surface area contributed by atoms with E-state index in [4.69, 9.17) is 4.74 Å². The Hall–Kier alpha value is -3.60. The lowest BCUT2D eigenvalue weighted by Gasteiger charge is -2.20. The van der Waals surface area contributed by atoms with Crippen molar-refractivity contribution in [2.24, 2.45) is 0 Å². The fraction of sp³-hybridized carbons (Fsp3) is 0.286. The second-order valence-corrected chi connectivity index (χ2v) is 8.35. The third-order valence-corrected chi connectivity index (χ3v) is 5.90. The molecule has 0 aliphatic carbocycles. The van der Waals surface area contributed by atoms with Crippen LogP contribution in [-0.2, 0) is 6.42 Å². The largest absolute Gasteiger partial charge is 0.493 e. The Balaban J connectivity index is 1.28. The molecule has 1 heterocycles. The van der Waals surface area contributed by atoms with Crippen LogP contribution < -0.4 is 10.1 Å². The molecule has 3 aromatic carbocycles. The third kappa shape index (κ3) is 6.45. The van der Waals surface area contributed by atoms with Gasteiger partial charge in [-0.25, -0.2) is 0 Å². The first-order valence-corrected chi connectivity index (χ1v) is 11.7. The molecule has 0 aromatic heterocycles. The number of nitrogens with zero attached hydrogens (tertiary/aromatic N) is 1. The first-order valence-electron chi connectivity index (χ1n) is 11.7. The second kappa shape index (κ2) is 11.3. The molecule has 1 N–H and O–H groups in total. The Bertz CT molecular complexity index is 1040. The molecule has 170 valence electrons. The fourth-order valence-corrected chi connectivity index (χ4v) is 3.99. The maximum Gasteiger partial charge on any atom is 0.255 e. The summed E-state index contributed by atoms with van der Waals surface area (Å²) in [6, 6.07) is 24.4. The van der Waals surface area contributed by atoms with E-state index in [1.807, 2.05) is 35.2 Å². The van der Waals surface area contributed by atoms with Crippen LogP contribution in [0.5, 0.6) is 5.75 Å². The van der Waals surface area contributed by atoms with Gasteiger partial charge in [0.05, 0.1) is 6.61 Å². The number of ether oxygens (including phenoxy) is 1. The molecule has 33 heavy (non-hydrogen) atoms. The lowest BCUT2D eigenvalue weighted by atomic mass is 10.1. The summed E-state index contributed by atoms with van der Waals surface area (Å²) in [5.41, 5.74) is 3.10. The average molecular weight is 443 g/mol. The van der Waals surface area contributed by atoms with Crippen molar-refractivity contribution in [2.75, 3.05) is 25.0 Å². The lowest BCUT2D eigenvalue weighted by molar-refractivity contribution is 0.0761. The number of hydrogen-bond donors (Lipinski definition) is 1. The van der Waals surface area contributed by atoms with Gasteiger partial charge in [0.25, 0.3) is 11.8 Å². The van der Waals surface area contributed by atoms with E-state index in [9.17, 15) is 9.59 Å². The van der Waals surface area contributed by atoms with Gasteiger partial charge in [0, 0.05) is 36.3 Å². The summed E-state index contributed by atoms with van der Waals surface area (Å²) in [7, 11) is 0. The topological polar surface area (TPSA) is 58.6 Å². The molecule has 1 fully saturated rings. The van der Waals surface area contributed by atoms with E-state index in [0.29, 0.717) is 23.4 Å². The zero-order valence-electron chi connectivity index (χ0n) is 18.8. The Morgan fingerprint density at radius 3 is 2.06 bits per heavy atom. The highest BCUT2D eigenvalue weighted by atomic mass is 16.5. The van der Waals surface area contributed by atoms with Gasteiger partial charge in [0.15, 0.2) is 0 Å². The first-order chi connectivity index (χ1) is 16.2. The number of rotatable bonds is 7.